The molecule has 3 heterocycles. The number of halogens is 3. The maximum Gasteiger partial charge on any atom is 0.417 e. The third kappa shape index (κ3) is 4.90. The molecule has 0 aliphatic carbocycles. The van der Waals surface area contributed by atoms with Crippen molar-refractivity contribution in [2.45, 2.75) is 25.7 Å². The van der Waals surface area contributed by atoms with Crippen molar-refractivity contribution in [3.8, 4) is 23.6 Å². The van der Waals surface area contributed by atoms with E-state index in [1.54, 1.807) is 16.7 Å². The Balaban J connectivity index is 1.48. The average molecular weight is 457 g/mol. The molecule has 0 bridgehead atoms. The van der Waals surface area contributed by atoms with Crippen LogP contribution in [0.1, 0.15) is 23.1 Å². The van der Waals surface area contributed by atoms with Crippen LogP contribution in [-0.2, 0) is 19.3 Å². The van der Waals surface area contributed by atoms with Crippen molar-refractivity contribution >= 4 is 5.82 Å². The third-order valence-electron chi connectivity index (χ3n) is 5.06. The van der Waals surface area contributed by atoms with Gasteiger partial charge in [0.05, 0.1) is 11.1 Å². The maximum atomic E-state index is 12.7. The van der Waals surface area contributed by atoms with Crippen LogP contribution in [0.25, 0.3) is 0 Å². The molecule has 0 atom stereocenters. The van der Waals surface area contributed by atoms with Crippen LogP contribution in [0.2, 0.25) is 0 Å². The molecule has 0 saturated carbocycles. The topological polar surface area (TPSA) is 93.3 Å². The number of alkyl halides is 3. The van der Waals surface area contributed by atoms with Crippen LogP contribution in [-0.4, -0.2) is 28.1 Å². The van der Waals surface area contributed by atoms with Gasteiger partial charge in [0.2, 0.25) is 11.8 Å². The van der Waals surface area contributed by atoms with Crippen molar-refractivity contribution in [1.82, 2.24) is 14.5 Å². The molecule has 170 valence electrons. The molecule has 1 aliphatic heterocycles. The predicted molar refractivity (Wildman–Crippen MR) is 111 cm³/mol. The summed E-state index contributed by atoms with van der Waals surface area (Å²) in [5, 5.41) is 9.45. The second kappa shape index (κ2) is 8.82. The first kappa shape index (κ1) is 22.1. The van der Waals surface area contributed by atoms with E-state index in [9.17, 15) is 23.2 Å². The Labute approximate surface area is 186 Å². The zero-order valence-electron chi connectivity index (χ0n) is 17.5. The van der Waals surface area contributed by atoms with Gasteiger partial charge in [-0.15, -0.1) is 0 Å². The van der Waals surface area contributed by atoms with Crippen molar-refractivity contribution in [3.63, 3.8) is 0 Å². The van der Waals surface area contributed by atoms with Crippen LogP contribution < -0.4 is 20.1 Å². The first-order valence-corrected chi connectivity index (χ1v) is 9.94. The monoisotopic (exact) mass is 457 g/mol. The average Bonchev–Trinajstić information content (AvgIpc) is 2.79. The van der Waals surface area contributed by atoms with E-state index in [2.05, 4.69) is 9.97 Å². The molecule has 2 aromatic heterocycles. The Hall–Kier alpha value is -4.07. The number of hydrogen-bond acceptors (Lipinski definition) is 7. The highest BCUT2D eigenvalue weighted by Crippen LogP contribution is 2.31. The lowest BCUT2D eigenvalue weighted by molar-refractivity contribution is -0.137. The molecule has 0 radical (unpaired) electrons. The molecule has 33 heavy (non-hydrogen) atoms. The fourth-order valence-corrected chi connectivity index (χ4v) is 3.38. The molecular weight excluding hydrogens is 439 g/mol. The van der Waals surface area contributed by atoms with Crippen molar-refractivity contribution in [3.05, 3.63) is 69.8 Å². The van der Waals surface area contributed by atoms with Gasteiger partial charge in [-0.1, -0.05) is 6.07 Å². The summed E-state index contributed by atoms with van der Waals surface area (Å²) in [6, 6.07) is 10.3. The zero-order chi connectivity index (χ0) is 23.6. The fourth-order valence-electron chi connectivity index (χ4n) is 3.38. The third-order valence-corrected chi connectivity index (χ3v) is 5.06. The minimum absolute atomic E-state index is 0.0487. The Kier molecular flexibility index (Phi) is 5.91. The molecule has 1 aliphatic rings. The molecule has 11 heteroatoms. The molecule has 8 nitrogen and oxygen atoms in total. The number of anilines is 1. The van der Waals surface area contributed by atoms with Gasteiger partial charge in [-0.3, -0.25) is 4.57 Å². The summed E-state index contributed by atoms with van der Waals surface area (Å²) < 4.78 is 50.7. The van der Waals surface area contributed by atoms with Gasteiger partial charge in [0.25, 0.3) is 0 Å². The summed E-state index contributed by atoms with van der Waals surface area (Å²) in [6.45, 7) is 1.48. The van der Waals surface area contributed by atoms with Crippen LogP contribution in [0, 0.1) is 11.3 Å². The summed E-state index contributed by atoms with van der Waals surface area (Å²) in [4.78, 5) is 21.8. The molecule has 4 rings (SSSR count). The summed E-state index contributed by atoms with van der Waals surface area (Å²) in [5.41, 5.74) is -0.521. The highest BCUT2D eigenvalue weighted by Gasteiger charge is 2.30. The van der Waals surface area contributed by atoms with Crippen LogP contribution in [0.4, 0.5) is 19.0 Å². The lowest BCUT2D eigenvalue weighted by atomic mass is 10.1. The Morgan fingerprint density at radius 3 is 2.67 bits per heavy atom. The van der Waals surface area contributed by atoms with Crippen molar-refractivity contribution in [2.24, 2.45) is 0 Å². The first-order valence-electron chi connectivity index (χ1n) is 9.94. The number of ether oxygens (including phenoxy) is 2. The molecule has 1 aromatic carbocycles. The quantitative estimate of drug-likeness (QED) is 0.576. The van der Waals surface area contributed by atoms with Gasteiger partial charge < -0.3 is 14.4 Å². The Bertz CT molecular complexity index is 1270. The van der Waals surface area contributed by atoms with E-state index >= 15 is 0 Å². The summed E-state index contributed by atoms with van der Waals surface area (Å²) in [5.74, 6) is 0.959. The lowest BCUT2D eigenvalue weighted by Crippen LogP contribution is -2.36. The predicted octanol–water partition coefficient (Wildman–Crippen LogP) is 3.74. The summed E-state index contributed by atoms with van der Waals surface area (Å²) in [6.07, 6.45) is -2.98. The summed E-state index contributed by atoms with van der Waals surface area (Å²) in [7, 11) is 1.89. The van der Waals surface area contributed by atoms with E-state index in [0.29, 0.717) is 18.3 Å². The number of pyridine rings is 1. The number of nitrogens with zero attached hydrogens (tertiary/aromatic N) is 5. The number of nitriles is 1. The van der Waals surface area contributed by atoms with E-state index in [1.165, 1.54) is 12.1 Å². The molecule has 0 N–H and O–H groups in total. The van der Waals surface area contributed by atoms with Gasteiger partial charge in [-0.2, -0.15) is 23.4 Å². The van der Waals surface area contributed by atoms with E-state index < -0.39 is 11.7 Å². The van der Waals surface area contributed by atoms with Crippen molar-refractivity contribution in [2.75, 3.05) is 18.5 Å². The highest BCUT2D eigenvalue weighted by molar-refractivity contribution is 5.47. The van der Waals surface area contributed by atoms with E-state index in [0.717, 1.165) is 30.9 Å². The van der Waals surface area contributed by atoms with Crippen LogP contribution in [0.3, 0.4) is 0 Å². The normalized spacial score (nSPS) is 13.2. The van der Waals surface area contributed by atoms with Crippen molar-refractivity contribution < 1.29 is 22.6 Å². The molecule has 0 spiro atoms. The smallest absolute Gasteiger partial charge is 0.417 e. The molecule has 3 aromatic rings. The van der Waals surface area contributed by atoms with Gasteiger partial charge in [0.15, 0.2) is 0 Å². The number of fused-ring (bicyclic) bond motifs is 1. The number of aromatic nitrogens is 3. The van der Waals surface area contributed by atoms with Gasteiger partial charge in [-0.25, -0.2) is 9.78 Å². The molecule has 0 saturated heterocycles. The molecule has 0 amide bonds. The number of rotatable bonds is 5. The molecule has 0 fully saturated rings. The molecular formula is C22H18F3N5O3. The highest BCUT2D eigenvalue weighted by atomic mass is 19.4. The largest absolute Gasteiger partial charge is 0.473 e. The minimum Gasteiger partial charge on any atom is -0.473 e. The van der Waals surface area contributed by atoms with Crippen LogP contribution in [0.5, 0.6) is 17.5 Å². The minimum atomic E-state index is -4.50. The first-order chi connectivity index (χ1) is 15.7. The molecule has 0 unspecified atom stereocenters. The van der Waals surface area contributed by atoms with Gasteiger partial charge in [0.1, 0.15) is 24.2 Å². The van der Waals surface area contributed by atoms with Gasteiger partial charge >= 0.3 is 11.9 Å². The van der Waals surface area contributed by atoms with Crippen LogP contribution in [0.15, 0.2) is 47.4 Å². The van der Waals surface area contributed by atoms with Gasteiger partial charge in [-0.05, 0) is 30.2 Å². The van der Waals surface area contributed by atoms with Crippen LogP contribution >= 0.6 is 0 Å². The SMILES string of the molecule is CN1CCCn2c1cc(OCc1ccc(Oc3ccc(C(F)(F)F)cn3)c(C#N)c1)nc2=O. The Morgan fingerprint density at radius 2 is 1.97 bits per heavy atom. The summed E-state index contributed by atoms with van der Waals surface area (Å²) >= 11 is 0. The number of benzene rings is 1. The zero-order valence-corrected chi connectivity index (χ0v) is 17.5. The van der Waals surface area contributed by atoms with E-state index in [1.807, 2.05) is 18.0 Å². The fraction of sp³-hybridized carbons (Fsp3) is 0.273. The second-order valence-corrected chi connectivity index (χ2v) is 7.38. The lowest BCUT2D eigenvalue weighted by Gasteiger charge is -2.28. The number of hydrogen-bond donors (Lipinski definition) is 0. The Morgan fingerprint density at radius 1 is 1.15 bits per heavy atom. The van der Waals surface area contributed by atoms with E-state index in [4.69, 9.17) is 9.47 Å². The van der Waals surface area contributed by atoms with Gasteiger partial charge in [0, 0.05) is 38.5 Å². The van der Waals surface area contributed by atoms with E-state index in [-0.39, 0.29) is 35.4 Å². The standard InChI is InChI=1S/C22H18F3N5O3/c1-29-7-2-8-30-20(29)10-19(28-21(30)31)32-13-14-3-5-17(15(9-14)11-26)33-18-6-4-16(12-27-18)22(23,24)25/h3-6,9-10,12H,2,7-8,13H2,1H3. The maximum absolute atomic E-state index is 12.7. The van der Waals surface area contributed by atoms with Crippen molar-refractivity contribution in [1.29, 1.82) is 5.26 Å². The second-order valence-electron chi connectivity index (χ2n) is 7.38.